The van der Waals surface area contributed by atoms with Crippen LogP contribution in [0.1, 0.15) is 0 Å². The zero-order valence-electron chi connectivity index (χ0n) is 9.27. The Morgan fingerprint density at radius 2 is 2.00 bits per heavy atom. The fourth-order valence-corrected chi connectivity index (χ4v) is 2.26. The molecule has 2 aromatic carbocycles. The van der Waals surface area contributed by atoms with Crippen molar-refractivity contribution in [3.05, 3.63) is 52.9 Å². The van der Waals surface area contributed by atoms with Crippen molar-refractivity contribution in [3.8, 4) is 5.69 Å². The quantitative estimate of drug-likeness (QED) is 0.699. The molecule has 0 saturated carbocycles. The molecule has 0 bridgehead atoms. The Hall–Kier alpha value is -1.88. The lowest BCUT2D eigenvalue weighted by Crippen LogP contribution is -2.02. The van der Waals surface area contributed by atoms with Crippen LogP contribution in [0.5, 0.6) is 0 Å². The Morgan fingerprint density at radius 3 is 2.83 bits per heavy atom. The Bertz CT molecular complexity index is 736. The summed E-state index contributed by atoms with van der Waals surface area (Å²) in [6.45, 7) is 0. The molecule has 0 aliphatic carbocycles. The van der Waals surface area contributed by atoms with Gasteiger partial charge in [0.2, 0.25) is 0 Å². The molecule has 1 heterocycles. The number of para-hydroxylation sites is 1. The summed E-state index contributed by atoms with van der Waals surface area (Å²) in [4.78, 5) is 0. The van der Waals surface area contributed by atoms with E-state index >= 15 is 0 Å². The van der Waals surface area contributed by atoms with E-state index in [1.807, 2.05) is 24.3 Å². The first-order valence-electron chi connectivity index (χ1n) is 5.34. The third-order valence-corrected chi connectivity index (χ3v) is 3.38. The molecule has 0 spiro atoms. The topological polar surface area (TPSA) is 43.8 Å². The van der Waals surface area contributed by atoms with E-state index in [2.05, 4.69) is 21.0 Å². The maximum absolute atomic E-state index is 13.6. The van der Waals surface area contributed by atoms with E-state index in [1.54, 1.807) is 16.9 Å². The van der Waals surface area contributed by atoms with Crippen molar-refractivity contribution in [2.24, 2.45) is 0 Å². The third-order valence-electron chi connectivity index (χ3n) is 2.78. The highest BCUT2D eigenvalue weighted by Crippen LogP contribution is 2.27. The normalized spacial score (nSPS) is 11.0. The van der Waals surface area contributed by atoms with E-state index < -0.39 is 0 Å². The monoisotopic (exact) mass is 305 g/mol. The summed E-state index contributed by atoms with van der Waals surface area (Å²) >= 11 is 3.11. The van der Waals surface area contributed by atoms with Crippen molar-refractivity contribution < 1.29 is 4.39 Å². The van der Waals surface area contributed by atoms with Gasteiger partial charge in [-0.1, -0.05) is 18.2 Å². The third kappa shape index (κ3) is 1.67. The van der Waals surface area contributed by atoms with E-state index in [-0.39, 0.29) is 5.82 Å². The number of nitrogen functional groups attached to an aromatic ring is 1. The number of hydrogen-bond acceptors (Lipinski definition) is 2. The summed E-state index contributed by atoms with van der Waals surface area (Å²) in [6.07, 6.45) is 1.73. The van der Waals surface area contributed by atoms with Crippen LogP contribution in [0.2, 0.25) is 0 Å². The van der Waals surface area contributed by atoms with E-state index in [0.717, 1.165) is 10.9 Å². The highest BCUT2D eigenvalue weighted by molar-refractivity contribution is 9.10. The van der Waals surface area contributed by atoms with E-state index in [9.17, 15) is 4.39 Å². The lowest BCUT2D eigenvalue weighted by Gasteiger charge is -2.08. The molecule has 0 radical (unpaired) electrons. The van der Waals surface area contributed by atoms with Crippen LogP contribution in [0, 0.1) is 5.82 Å². The molecule has 5 heteroatoms. The second-order valence-corrected chi connectivity index (χ2v) is 4.79. The fraction of sp³-hybridized carbons (Fsp3) is 0. The zero-order valence-corrected chi connectivity index (χ0v) is 10.9. The van der Waals surface area contributed by atoms with Gasteiger partial charge in [0.25, 0.3) is 0 Å². The zero-order chi connectivity index (χ0) is 12.7. The highest BCUT2D eigenvalue weighted by atomic mass is 79.9. The van der Waals surface area contributed by atoms with E-state index in [1.165, 1.54) is 6.07 Å². The van der Waals surface area contributed by atoms with Gasteiger partial charge in [-0.3, -0.25) is 0 Å². The second-order valence-electron chi connectivity index (χ2n) is 3.94. The first kappa shape index (κ1) is 11.2. The molecule has 1 aromatic heterocycles. The summed E-state index contributed by atoms with van der Waals surface area (Å²) in [6, 6.07) is 10.6. The fourth-order valence-electron chi connectivity index (χ4n) is 1.90. The van der Waals surface area contributed by atoms with Gasteiger partial charge in [-0.25, -0.2) is 9.07 Å². The van der Waals surface area contributed by atoms with Gasteiger partial charge in [0, 0.05) is 11.5 Å². The lowest BCUT2D eigenvalue weighted by atomic mass is 10.2. The van der Waals surface area contributed by atoms with Crippen molar-refractivity contribution in [3.63, 3.8) is 0 Å². The predicted octanol–water partition coefficient (Wildman–Crippen LogP) is 3.51. The molecule has 3 aromatic rings. The van der Waals surface area contributed by atoms with Gasteiger partial charge in [0.05, 0.1) is 27.6 Å². The van der Waals surface area contributed by atoms with Gasteiger partial charge >= 0.3 is 0 Å². The summed E-state index contributed by atoms with van der Waals surface area (Å²) in [5.74, 6) is -0.362. The number of aromatic nitrogens is 2. The number of hydrogen-bond donors (Lipinski definition) is 1. The minimum atomic E-state index is -0.362. The lowest BCUT2D eigenvalue weighted by molar-refractivity contribution is 0.619. The number of rotatable bonds is 1. The molecular formula is C13H9BrFN3. The van der Waals surface area contributed by atoms with Gasteiger partial charge in [-0.2, -0.15) is 5.10 Å². The number of halogens is 2. The first-order chi connectivity index (χ1) is 8.66. The van der Waals surface area contributed by atoms with Gasteiger partial charge < -0.3 is 5.73 Å². The molecule has 0 aliphatic heterocycles. The van der Waals surface area contributed by atoms with Crippen molar-refractivity contribution >= 4 is 32.5 Å². The molecule has 0 amide bonds. The maximum Gasteiger partial charge on any atom is 0.139 e. The molecular weight excluding hydrogens is 297 g/mol. The number of fused-ring (bicyclic) bond motifs is 1. The molecule has 18 heavy (non-hydrogen) atoms. The Morgan fingerprint density at radius 1 is 1.22 bits per heavy atom. The molecule has 0 fully saturated rings. The molecule has 0 unspecified atom stereocenters. The van der Waals surface area contributed by atoms with Gasteiger partial charge in [0.15, 0.2) is 0 Å². The average Bonchev–Trinajstić information content (AvgIpc) is 2.78. The molecule has 3 nitrogen and oxygen atoms in total. The van der Waals surface area contributed by atoms with Crippen LogP contribution in [0.4, 0.5) is 10.1 Å². The summed E-state index contributed by atoms with van der Waals surface area (Å²) in [5.41, 5.74) is 7.82. The number of nitrogens with two attached hydrogens (primary N) is 1. The van der Waals surface area contributed by atoms with Crippen molar-refractivity contribution in [1.82, 2.24) is 9.78 Å². The minimum absolute atomic E-state index is 0.347. The molecule has 0 aliphatic rings. The smallest absolute Gasteiger partial charge is 0.139 e. The predicted molar refractivity (Wildman–Crippen MR) is 73.1 cm³/mol. The van der Waals surface area contributed by atoms with Crippen molar-refractivity contribution in [1.29, 1.82) is 0 Å². The molecule has 3 rings (SSSR count). The summed E-state index contributed by atoms with van der Waals surface area (Å²) in [7, 11) is 0. The number of benzene rings is 2. The van der Waals surface area contributed by atoms with Crippen molar-refractivity contribution in [2.45, 2.75) is 0 Å². The van der Waals surface area contributed by atoms with Gasteiger partial charge in [-0.15, -0.1) is 0 Å². The SMILES string of the molecule is Nc1cc(Br)c(F)cc1-n1ncc2ccccc21. The molecule has 0 saturated heterocycles. The van der Waals surface area contributed by atoms with Crippen LogP contribution < -0.4 is 5.73 Å². The molecule has 0 atom stereocenters. The summed E-state index contributed by atoms with van der Waals surface area (Å²) in [5, 5.41) is 5.24. The van der Waals surface area contributed by atoms with Crippen LogP contribution >= 0.6 is 15.9 Å². The minimum Gasteiger partial charge on any atom is -0.397 e. The maximum atomic E-state index is 13.6. The highest BCUT2D eigenvalue weighted by Gasteiger charge is 2.10. The summed E-state index contributed by atoms with van der Waals surface area (Å²) < 4.78 is 15.6. The van der Waals surface area contributed by atoms with E-state index in [4.69, 9.17) is 5.73 Å². The van der Waals surface area contributed by atoms with Crippen molar-refractivity contribution in [2.75, 3.05) is 5.73 Å². The van der Waals surface area contributed by atoms with Crippen LogP contribution in [-0.2, 0) is 0 Å². The van der Waals surface area contributed by atoms with E-state index in [0.29, 0.717) is 15.8 Å². The van der Waals surface area contributed by atoms with Gasteiger partial charge in [0.1, 0.15) is 5.82 Å². The second kappa shape index (κ2) is 4.10. The molecule has 90 valence electrons. The first-order valence-corrected chi connectivity index (χ1v) is 6.14. The number of anilines is 1. The van der Waals surface area contributed by atoms with Gasteiger partial charge in [-0.05, 0) is 28.1 Å². The standard InChI is InChI=1S/C13H9BrFN3/c14-9-5-11(16)13(6-10(9)15)18-12-4-2-1-3-8(12)7-17-18/h1-7H,16H2. The Kier molecular flexibility index (Phi) is 2.56. The Balaban J connectivity index is 2.29. The molecule has 2 N–H and O–H groups in total. The largest absolute Gasteiger partial charge is 0.397 e. The van der Waals surface area contributed by atoms with Crippen LogP contribution in [0.15, 0.2) is 47.1 Å². The Labute approximate surface area is 111 Å². The van der Waals surface area contributed by atoms with Crippen LogP contribution in [-0.4, -0.2) is 9.78 Å². The average molecular weight is 306 g/mol. The van der Waals surface area contributed by atoms with Crippen LogP contribution in [0.25, 0.3) is 16.6 Å². The van der Waals surface area contributed by atoms with Crippen LogP contribution in [0.3, 0.4) is 0 Å². The number of nitrogens with zero attached hydrogens (tertiary/aromatic N) is 2.